The van der Waals surface area contributed by atoms with Crippen LogP contribution >= 0.6 is 11.3 Å². The topological polar surface area (TPSA) is 55.1 Å². The molecule has 4 rings (SSSR count). The Bertz CT molecular complexity index is 976. The summed E-state index contributed by atoms with van der Waals surface area (Å²) < 4.78 is 2.04. The van der Waals surface area contributed by atoms with Crippen LogP contribution in [0.3, 0.4) is 0 Å². The molecule has 3 aromatic heterocycles. The molecule has 1 N–H and O–H groups in total. The SMILES string of the molecule is CC(C)(CNc1nncs1)C(c1ccccc1)c1ccn2cncc2c1. The number of pyridine rings is 1. The van der Waals surface area contributed by atoms with E-state index in [4.69, 9.17) is 0 Å². The number of hydrogen-bond acceptors (Lipinski definition) is 5. The minimum absolute atomic E-state index is 0.0363. The zero-order valence-electron chi connectivity index (χ0n) is 14.8. The van der Waals surface area contributed by atoms with Crippen LogP contribution in [0, 0.1) is 5.41 Å². The average molecular weight is 363 g/mol. The van der Waals surface area contributed by atoms with Gasteiger partial charge in [-0.3, -0.25) is 0 Å². The fourth-order valence-electron chi connectivity index (χ4n) is 3.51. The molecule has 0 saturated heterocycles. The Morgan fingerprint density at radius 1 is 1.15 bits per heavy atom. The molecule has 26 heavy (non-hydrogen) atoms. The third kappa shape index (κ3) is 3.32. The lowest BCUT2D eigenvalue weighted by atomic mass is 9.71. The highest BCUT2D eigenvalue weighted by Gasteiger charge is 2.32. The number of imidazole rings is 1. The monoisotopic (exact) mass is 363 g/mol. The molecule has 3 heterocycles. The van der Waals surface area contributed by atoms with Gasteiger partial charge in [0, 0.05) is 18.7 Å². The third-order valence-electron chi connectivity index (χ3n) is 4.74. The number of rotatable bonds is 6. The van der Waals surface area contributed by atoms with Gasteiger partial charge in [0.15, 0.2) is 0 Å². The van der Waals surface area contributed by atoms with Crippen LogP contribution in [0.5, 0.6) is 0 Å². The van der Waals surface area contributed by atoms with Crippen molar-refractivity contribution in [2.24, 2.45) is 5.41 Å². The maximum Gasteiger partial charge on any atom is 0.205 e. The zero-order chi connectivity index (χ0) is 18.0. The van der Waals surface area contributed by atoms with Crippen molar-refractivity contribution in [1.82, 2.24) is 19.6 Å². The summed E-state index contributed by atoms with van der Waals surface area (Å²) in [6.07, 6.45) is 5.82. The van der Waals surface area contributed by atoms with Crippen LogP contribution in [0.1, 0.15) is 30.9 Å². The Morgan fingerprint density at radius 3 is 2.77 bits per heavy atom. The van der Waals surface area contributed by atoms with Crippen molar-refractivity contribution in [1.29, 1.82) is 0 Å². The molecule has 132 valence electrons. The molecular formula is C20H21N5S. The number of nitrogens with one attached hydrogen (secondary N) is 1. The van der Waals surface area contributed by atoms with E-state index in [1.54, 1.807) is 5.51 Å². The van der Waals surface area contributed by atoms with Gasteiger partial charge in [0.05, 0.1) is 18.0 Å². The highest BCUT2D eigenvalue weighted by atomic mass is 32.1. The lowest BCUT2D eigenvalue weighted by molar-refractivity contribution is 0.340. The van der Waals surface area contributed by atoms with Crippen LogP contribution in [0.4, 0.5) is 5.13 Å². The molecule has 0 saturated carbocycles. The number of benzene rings is 1. The molecule has 4 aromatic rings. The smallest absolute Gasteiger partial charge is 0.205 e. The van der Waals surface area contributed by atoms with E-state index in [0.717, 1.165) is 17.2 Å². The Morgan fingerprint density at radius 2 is 2.00 bits per heavy atom. The van der Waals surface area contributed by atoms with E-state index in [2.05, 4.69) is 83.0 Å². The summed E-state index contributed by atoms with van der Waals surface area (Å²) in [5.74, 6) is 0.240. The first kappa shape index (κ1) is 16.7. The van der Waals surface area contributed by atoms with Crippen LogP contribution in [0.25, 0.3) is 5.52 Å². The molecule has 0 fully saturated rings. The van der Waals surface area contributed by atoms with E-state index in [-0.39, 0.29) is 11.3 Å². The molecule has 0 amide bonds. The molecule has 0 aliphatic rings. The van der Waals surface area contributed by atoms with Crippen LogP contribution in [0.2, 0.25) is 0 Å². The van der Waals surface area contributed by atoms with E-state index in [0.29, 0.717) is 0 Å². The molecule has 0 aliphatic heterocycles. The standard InChI is InChI=1S/C20H21N5S/c1-20(2,12-22-19-24-23-14-26-19)18(15-6-4-3-5-7-15)16-8-9-25-13-21-11-17(25)10-16/h3-11,13-14,18H,12H2,1-2H3,(H,22,24). The van der Waals surface area contributed by atoms with Gasteiger partial charge in [-0.2, -0.15) is 0 Å². The normalized spacial score (nSPS) is 13.0. The summed E-state index contributed by atoms with van der Waals surface area (Å²) in [6, 6.07) is 15.1. The average Bonchev–Trinajstić information content (AvgIpc) is 3.32. The predicted molar refractivity (Wildman–Crippen MR) is 106 cm³/mol. The molecule has 1 aromatic carbocycles. The second-order valence-corrected chi connectivity index (χ2v) is 7.95. The quantitative estimate of drug-likeness (QED) is 0.550. The predicted octanol–water partition coefficient (Wildman–Crippen LogP) is 4.46. The summed E-state index contributed by atoms with van der Waals surface area (Å²) in [6.45, 7) is 5.38. The maximum absolute atomic E-state index is 4.24. The maximum atomic E-state index is 4.24. The largest absolute Gasteiger partial charge is 0.360 e. The summed E-state index contributed by atoms with van der Waals surface area (Å²) >= 11 is 1.53. The summed E-state index contributed by atoms with van der Waals surface area (Å²) in [5, 5.41) is 12.3. The van der Waals surface area contributed by atoms with Gasteiger partial charge >= 0.3 is 0 Å². The van der Waals surface area contributed by atoms with Crippen LogP contribution < -0.4 is 5.32 Å². The number of nitrogens with zero attached hydrogens (tertiary/aromatic N) is 4. The zero-order valence-corrected chi connectivity index (χ0v) is 15.6. The van der Waals surface area contributed by atoms with Crippen molar-refractivity contribution in [3.63, 3.8) is 0 Å². The van der Waals surface area contributed by atoms with Crippen LogP contribution in [-0.4, -0.2) is 26.1 Å². The molecule has 0 radical (unpaired) electrons. The first-order chi connectivity index (χ1) is 12.6. The number of anilines is 1. The number of fused-ring (bicyclic) bond motifs is 1. The van der Waals surface area contributed by atoms with E-state index < -0.39 is 0 Å². The number of hydrogen-bond donors (Lipinski definition) is 1. The van der Waals surface area contributed by atoms with E-state index in [1.165, 1.54) is 22.5 Å². The lowest BCUT2D eigenvalue weighted by Gasteiger charge is -2.35. The third-order valence-corrected chi connectivity index (χ3v) is 5.39. The van der Waals surface area contributed by atoms with Gasteiger partial charge in [0.25, 0.3) is 0 Å². The van der Waals surface area contributed by atoms with Crippen LogP contribution in [-0.2, 0) is 0 Å². The molecule has 1 atom stereocenters. The van der Waals surface area contributed by atoms with Gasteiger partial charge in [0.2, 0.25) is 5.13 Å². The molecule has 0 spiro atoms. The molecule has 0 aliphatic carbocycles. The summed E-state index contributed by atoms with van der Waals surface area (Å²) in [5.41, 5.74) is 5.41. The molecule has 0 bridgehead atoms. The lowest BCUT2D eigenvalue weighted by Crippen LogP contribution is -2.31. The van der Waals surface area contributed by atoms with Crippen molar-refractivity contribution in [2.75, 3.05) is 11.9 Å². The Kier molecular flexibility index (Phi) is 4.42. The van der Waals surface area contributed by atoms with Crippen molar-refractivity contribution >= 4 is 22.0 Å². The Balaban J connectivity index is 1.72. The summed E-state index contributed by atoms with van der Waals surface area (Å²) in [4.78, 5) is 4.24. The van der Waals surface area contributed by atoms with Gasteiger partial charge < -0.3 is 9.72 Å². The van der Waals surface area contributed by atoms with Crippen molar-refractivity contribution in [3.8, 4) is 0 Å². The molecular weight excluding hydrogens is 342 g/mol. The Labute approximate surface area is 156 Å². The van der Waals surface area contributed by atoms with E-state index >= 15 is 0 Å². The fraction of sp³-hybridized carbons (Fsp3) is 0.250. The summed E-state index contributed by atoms with van der Waals surface area (Å²) in [7, 11) is 0. The first-order valence-corrected chi connectivity index (χ1v) is 9.48. The fourth-order valence-corrected chi connectivity index (χ4v) is 3.96. The Hall–Kier alpha value is -2.73. The first-order valence-electron chi connectivity index (χ1n) is 8.60. The van der Waals surface area contributed by atoms with Crippen molar-refractivity contribution < 1.29 is 0 Å². The van der Waals surface area contributed by atoms with Gasteiger partial charge in [-0.05, 0) is 28.7 Å². The number of aromatic nitrogens is 4. The van der Waals surface area contributed by atoms with Crippen molar-refractivity contribution in [3.05, 3.63) is 77.8 Å². The van der Waals surface area contributed by atoms with Gasteiger partial charge in [-0.25, -0.2) is 4.98 Å². The van der Waals surface area contributed by atoms with E-state index in [9.17, 15) is 0 Å². The molecule has 6 heteroatoms. The van der Waals surface area contributed by atoms with Gasteiger partial charge in [-0.15, -0.1) is 10.2 Å². The highest BCUT2D eigenvalue weighted by Crippen LogP contribution is 2.41. The second-order valence-electron chi connectivity index (χ2n) is 7.12. The molecule has 5 nitrogen and oxygen atoms in total. The highest BCUT2D eigenvalue weighted by molar-refractivity contribution is 7.13. The minimum atomic E-state index is -0.0363. The van der Waals surface area contributed by atoms with E-state index in [1.807, 2.05) is 16.9 Å². The van der Waals surface area contributed by atoms with Gasteiger partial charge in [-0.1, -0.05) is 55.5 Å². The second kappa shape index (κ2) is 6.88. The minimum Gasteiger partial charge on any atom is -0.360 e. The molecule has 1 unspecified atom stereocenters. The van der Waals surface area contributed by atoms with Gasteiger partial charge in [0.1, 0.15) is 5.51 Å². The van der Waals surface area contributed by atoms with Crippen LogP contribution in [0.15, 0.2) is 66.7 Å². The van der Waals surface area contributed by atoms with Crippen molar-refractivity contribution in [2.45, 2.75) is 19.8 Å².